The first-order valence-electron chi connectivity index (χ1n) is 7.73. The number of aromatic nitrogens is 2. The van der Waals surface area contributed by atoms with E-state index in [0.717, 1.165) is 19.3 Å². The van der Waals surface area contributed by atoms with Gasteiger partial charge < -0.3 is 10.8 Å². The van der Waals surface area contributed by atoms with Crippen LogP contribution in [0.4, 0.5) is 10.2 Å². The van der Waals surface area contributed by atoms with E-state index in [4.69, 9.17) is 5.73 Å². The van der Waals surface area contributed by atoms with Crippen LogP contribution in [0.1, 0.15) is 37.7 Å². The van der Waals surface area contributed by atoms with E-state index >= 15 is 0 Å². The fraction of sp³-hybridized carbons (Fsp3) is 0.412. The number of aromatic hydroxyl groups is 1. The molecule has 0 atom stereocenters. The molecule has 0 unspecified atom stereocenters. The maximum absolute atomic E-state index is 14.5. The van der Waals surface area contributed by atoms with Gasteiger partial charge in [-0.05, 0) is 24.0 Å². The molecule has 1 aromatic heterocycles. The number of phenolic OH excluding ortho intramolecular Hbond substituents is 1. The molecule has 0 radical (unpaired) electrons. The first-order chi connectivity index (χ1) is 10.6. The summed E-state index contributed by atoms with van der Waals surface area (Å²) in [5, 5.41) is 10.2. The molecular formula is C17H20FN3O. The average molecular weight is 301 g/mol. The fourth-order valence-corrected chi connectivity index (χ4v) is 3.15. The summed E-state index contributed by atoms with van der Waals surface area (Å²) in [5.74, 6) is -0.0717. The highest BCUT2D eigenvalue weighted by molar-refractivity contribution is 5.63. The Kier molecular flexibility index (Phi) is 4.22. The second kappa shape index (κ2) is 6.30. The van der Waals surface area contributed by atoms with Gasteiger partial charge in [-0.25, -0.2) is 9.37 Å². The number of benzene rings is 1. The van der Waals surface area contributed by atoms with Crippen molar-refractivity contribution in [2.75, 3.05) is 5.73 Å². The van der Waals surface area contributed by atoms with Crippen molar-refractivity contribution < 1.29 is 9.50 Å². The Bertz CT molecular complexity index is 652. The average Bonchev–Trinajstić information content (AvgIpc) is 2.54. The molecule has 22 heavy (non-hydrogen) atoms. The van der Waals surface area contributed by atoms with Crippen LogP contribution in [0.5, 0.6) is 5.75 Å². The second-order valence-corrected chi connectivity index (χ2v) is 5.97. The molecular weight excluding hydrogens is 281 g/mol. The first-order valence-corrected chi connectivity index (χ1v) is 7.73. The Morgan fingerprint density at radius 2 is 1.91 bits per heavy atom. The number of anilines is 1. The van der Waals surface area contributed by atoms with Gasteiger partial charge in [0.2, 0.25) is 0 Å². The van der Waals surface area contributed by atoms with Crippen molar-refractivity contribution in [3.63, 3.8) is 0 Å². The second-order valence-electron chi connectivity index (χ2n) is 5.97. The van der Waals surface area contributed by atoms with Crippen LogP contribution in [0.15, 0.2) is 24.5 Å². The van der Waals surface area contributed by atoms with Crippen molar-refractivity contribution in [1.29, 1.82) is 0 Å². The van der Waals surface area contributed by atoms with Crippen molar-refractivity contribution >= 4 is 5.82 Å². The third-order valence-electron chi connectivity index (χ3n) is 4.38. The molecule has 1 aliphatic rings. The van der Waals surface area contributed by atoms with E-state index in [1.165, 1.54) is 31.7 Å². The minimum absolute atomic E-state index is 0.248. The Labute approximate surface area is 129 Å². The van der Waals surface area contributed by atoms with Crippen molar-refractivity contribution in [3.05, 3.63) is 35.9 Å². The maximum Gasteiger partial charge on any atom is 0.174 e. The van der Waals surface area contributed by atoms with Crippen LogP contribution in [0.25, 0.3) is 11.3 Å². The molecule has 1 aromatic carbocycles. The predicted octanol–water partition coefficient (Wildman–Crippen LogP) is 3.69. The summed E-state index contributed by atoms with van der Waals surface area (Å²) in [6.45, 7) is 0. The van der Waals surface area contributed by atoms with Gasteiger partial charge in [0.25, 0.3) is 0 Å². The van der Waals surface area contributed by atoms with Crippen molar-refractivity contribution in [2.24, 2.45) is 5.92 Å². The lowest BCUT2D eigenvalue weighted by atomic mass is 9.84. The van der Waals surface area contributed by atoms with Crippen LogP contribution in [-0.4, -0.2) is 15.1 Å². The largest absolute Gasteiger partial charge is 0.505 e. The Morgan fingerprint density at radius 3 is 2.59 bits per heavy atom. The fourth-order valence-electron chi connectivity index (χ4n) is 3.15. The number of nitrogen functional groups attached to an aromatic ring is 1. The van der Waals surface area contributed by atoms with Gasteiger partial charge in [0.05, 0.1) is 18.1 Å². The van der Waals surface area contributed by atoms with Crippen LogP contribution in [-0.2, 0) is 6.42 Å². The molecule has 1 aliphatic carbocycles. The summed E-state index contributed by atoms with van der Waals surface area (Å²) >= 11 is 0. The summed E-state index contributed by atoms with van der Waals surface area (Å²) in [6, 6.07) is 3.45. The predicted molar refractivity (Wildman–Crippen MR) is 83.8 cm³/mol. The van der Waals surface area contributed by atoms with Gasteiger partial charge in [0.1, 0.15) is 5.82 Å². The van der Waals surface area contributed by atoms with Crippen molar-refractivity contribution in [3.8, 4) is 17.0 Å². The van der Waals surface area contributed by atoms with Gasteiger partial charge in [-0.15, -0.1) is 0 Å². The summed E-state index contributed by atoms with van der Waals surface area (Å²) in [5.41, 5.74) is 6.78. The summed E-state index contributed by atoms with van der Waals surface area (Å²) < 4.78 is 14.5. The molecule has 0 saturated heterocycles. The minimum atomic E-state index is -0.632. The quantitative estimate of drug-likeness (QED) is 0.907. The number of halogens is 1. The Morgan fingerprint density at radius 1 is 1.14 bits per heavy atom. The highest BCUT2D eigenvalue weighted by Gasteiger charge is 2.19. The van der Waals surface area contributed by atoms with Gasteiger partial charge in [-0.2, -0.15) is 0 Å². The zero-order valence-electron chi connectivity index (χ0n) is 12.4. The number of hydrogen-bond donors (Lipinski definition) is 2. The molecule has 2 aromatic rings. The number of nitrogens with zero attached hydrogens (tertiary/aromatic N) is 2. The van der Waals surface area contributed by atoms with Crippen LogP contribution in [0, 0.1) is 11.7 Å². The summed E-state index contributed by atoms with van der Waals surface area (Å²) in [4.78, 5) is 7.97. The first kappa shape index (κ1) is 14.8. The number of phenols is 1. The zero-order valence-corrected chi connectivity index (χ0v) is 12.4. The van der Waals surface area contributed by atoms with Gasteiger partial charge in [-0.1, -0.05) is 38.2 Å². The summed E-state index contributed by atoms with van der Waals surface area (Å²) in [6.07, 6.45) is 9.58. The summed E-state index contributed by atoms with van der Waals surface area (Å²) in [7, 11) is 0. The monoisotopic (exact) mass is 301 g/mol. The Balaban J connectivity index is 1.86. The van der Waals surface area contributed by atoms with Gasteiger partial charge in [-0.3, -0.25) is 4.98 Å². The molecule has 1 heterocycles. The van der Waals surface area contributed by atoms with Gasteiger partial charge >= 0.3 is 0 Å². The lowest BCUT2D eigenvalue weighted by Gasteiger charge is -2.22. The molecule has 3 N–H and O–H groups in total. The lowest BCUT2D eigenvalue weighted by Crippen LogP contribution is -2.09. The Hall–Kier alpha value is -2.17. The third-order valence-corrected chi connectivity index (χ3v) is 4.38. The van der Waals surface area contributed by atoms with E-state index in [1.54, 1.807) is 12.1 Å². The highest BCUT2D eigenvalue weighted by atomic mass is 19.1. The van der Waals surface area contributed by atoms with Crippen molar-refractivity contribution in [2.45, 2.75) is 38.5 Å². The zero-order chi connectivity index (χ0) is 15.5. The molecule has 4 nitrogen and oxygen atoms in total. The molecule has 0 aliphatic heterocycles. The molecule has 3 rings (SSSR count). The molecule has 0 bridgehead atoms. The SMILES string of the molecule is Nc1cnc(-c2ccc(CC3CCCCC3)c(O)c2F)cn1. The molecule has 1 saturated carbocycles. The number of nitrogens with two attached hydrogens (primary N) is 1. The molecule has 5 heteroatoms. The topological polar surface area (TPSA) is 72.0 Å². The van der Waals surface area contributed by atoms with E-state index in [1.807, 2.05) is 0 Å². The molecule has 1 fully saturated rings. The molecule has 116 valence electrons. The smallest absolute Gasteiger partial charge is 0.174 e. The van der Waals surface area contributed by atoms with Crippen LogP contribution in [0.3, 0.4) is 0 Å². The van der Waals surface area contributed by atoms with E-state index in [0.29, 0.717) is 17.2 Å². The van der Waals surface area contributed by atoms with E-state index in [-0.39, 0.29) is 17.1 Å². The van der Waals surface area contributed by atoms with E-state index < -0.39 is 5.82 Å². The maximum atomic E-state index is 14.5. The molecule has 0 amide bonds. The lowest BCUT2D eigenvalue weighted by molar-refractivity contribution is 0.348. The minimum Gasteiger partial charge on any atom is -0.505 e. The van der Waals surface area contributed by atoms with Crippen LogP contribution >= 0.6 is 0 Å². The van der Waals surface area contributed by atoms with E-state index in [2.05, 4.69) is 9.97 Å². The van der Waals surface area contributed by atoms with Crippen LogP contribution < -0.4 is 5.73 Å². The third kappa shape index (κ3) is 3.03. The van der Waals surface area contributed by atoms with Crippen LogP contribution in [0.2, 0.25) is 0 Å². The van der Waals surface area contributed by atoms with Crippen molar-refractivity contribution in [1.82, 2.24) is 9.97 Å². The van der Waals surface area contributed by atoms with Gasteiger partial charge in [0, 0.05) is 5.56 Å². The standard InChI is InChI=1S/C17H20FN3O/c18-16-13(14-9-21-15(19)10-20-14)7-6-12(17(16)22)8-11-4-2-1-3-5-11/h6-7,9-11,22H,1-5,8H2,(H2,19,21). The number of hydrogen-bond acceptors (Lipinski definition) is 4. The van der Waals surface area contributed by atoms with E-state index in [9.17, 15) is 9.50 Å². The van der Waals surface area contributed by atoms with Gasteiger partial charge in [0.15, 0.2) is 11.6 Å². The normalized spacial score (nSPS) is 15.9. The molecule has 0 spiro atoms. The highest BCUT2D eigenvalue weighted by Crippen LogP contribution is 2.34. The number of rotatable bonds is 3.